The van der Waals surface area contributed by atoms with Crippen LogP contribution in [0.5, 0.6) is 0 Å². The van der Waals surface area contributed by atoms with Gasteiger partial charge in [-0.25, -0.2) is 0 Å². The molecular formula is C12H25ClN2O. The van der Waals surface area contributed by atoms with Crippen LogP contribution in [-0.2, 0) is 4.79 Å². The van der Waals surface area contributed by atoms with Gasteiger partial charge in [-0.05, 0) is 19.8 Å². The smallest absolute Gasteiger partial charge is 0.225 e. The van der Waals surface area contributed by atoms with E-state index >= 15 is 0 Å². The van der Waals surface area contributed by atoms with E-state index in [1.807, 2.05) is 11.8 Å². The molecule has 1 N–H and O–H groups in total. The van der Waals surface area contributed by atoms with E-state index in [0.717, 1.165) is 13.1 Å². The van der Waals surface area contributed by atoms with Crippen molar-refractivity contribution in [2.24, 2.45) is 11.8 Å². The Balaban J connectivity index is 0.00000225. The van der Waals surface area contributed by atoms with Crippen molar-refractivity contribution in [2.75, 3.05) is 13.1 Å². The van der Waals surface area contributed by atoms with E-state index in [1.165, 1.54) is 0 Å². The van der Waals surface area contributed by atoms with Crippen molar-refractivity contribution < 1.29 is 4.79 Å². The summed E-state index contributed by atoms with van der Waals surface area (Å²) in [4.78, 5) is 14.1. The van der Waals surface area contributed by atoms with E-state index in [4.69, 9.17) is 0 Å². The lowest BCUT2D eigenvalue weighted by Gasteiger charge is -2.38. The van der Waals surface area contributed by atoms with E-state index in [0.29, 0.717) is 23.9 Å². The molecule has 1 fully saturated rings. The summed E-state index contributed by atoms with van der Waals surface area (Å²) in [6.07, 6.45) is 0. The number of carbonyl (C=O) groups is 1. The molecule has 1 aliphatic rings. The number of rotatable bonds is 2. The third kappa shape index (κ3) is 3.95. The first-order valence-corrected chi connectivity index (χ1v) is 5.96. The van der Waals surface area contributed by atoms with Crippen molar-refractivity contribution in [1.82, 2.24) is 10.2 Å². The summed E-state index contributed by atoms with van der Waals surface area (Å²) in [6.45, 7) is 12.2. The highest BCUT2D eigenvalue weighted by Gasteiger charge is 2.28. The van der Waals surface area contributed by atoms with Crippen molar-refractivity contribution in [3.8, 4) is 0 Å². The normalized spacial score (nSPS) is 27.5. The average molecular weight is 249 g/mol. The molecule has 1 aliphatic heterocycles. The summed E-state index contributed by atoms with van der Waals surface area (Å²) < 4.78 is 0. The number of hydrogen-bond acceptors (Lipinski definition) is 2. The van der Waals surface area contributed by atoms with Crippen LogP contribution < -0.4 is 5.32 Å². The number of hydrogen-bond donors (Lipinski definition) is 1. The maximum atomic E-state index is 12.1. The Labute approximate surface area is 105 Å². The minimum atomic E-state index is 0. The summed E-state index contributed by atoms with van der Waals surface area (Å²) in [5.74, 6) is 0.880. The largest absolute Gasteiger partial charge is 0.339 e. The molecular weight excluding hydrogens is 224 g/mol. The Kier molecular flexibility index (Phi) is 6.34. The van der Waals surface area contributed by atoms with E-state index in [2.05, 4.69) is 33.0 Å². The molecule has 0 aromatic carbocycles. The maximum Gasteiger partial charge on any atom is 0.225 e. The minimum Gasteiger partial charge on any atom is -0.339 e. The second-order valence-electron chi connectivity index (χ2n) is 5.24. The Bertz CT molecular complexity index is 223. The molecule has 0 spiro atoms. The summed E-state index contributed by atoms with van der Waals surface area (Å²) in [5.41, 5.74) is 0. The van der Waals surface area contributed by atoms with Gasteiger partial charge in [0.05, 0.1) is 0 Å². The lowest BCUT2D eigenvalue weighted by molar-refractivity contribution is -0.138. The molecule has 16 heavy (non-hydrogen) atoms. The fourth-order valence-electron chi connectivity index (χ4n) is 2.08. The highest BCUT2D eigenvalue weighted by atomic mass is 35.5. The molecule has 1 amide bonds. The van der Waals surface area contributed by atoms with Gasteiger partial charge in [-0.1, -0.05) is 20.8 Å². The van der Waals surface area contributed by atoms with Gasteiger partial charge in [-0.2, -0.15) is 0 Å². The van der Waals surface area contributed by atoms with Crippen LogP contribution in [0.25, 0.3) is 0 Å². The molecule has 1 rings (SSSR count). The highest BCUT2D eigenvalue weighted by molar-refractivity contribution is 5.85. The van der Waals surface area contributed by atoms with Crippen molar-refractivity contribution in [3.05, 3.63) is 0 Å². The molecule has 0 radical (unpaired) electrons. The standard InChI is InChI=1S/C12H24N2O.ClH/c1-8(2)11(5)12(15)14-6-9(3)13-10(4)7-14;/h8-11,13H,6-7H2,1-5H3;1H. The highest BCUT2D eigenvalue weighted by Crippen LogP contribution is 2.15. The van der Waals surface area contributed by atoms with E-state index < -0.39 is 0 Å². The first-order valence-electron chi connectivity index (χ1n) is 5.96. The molecule has 3 unspecified atom stereocenters. The third-order valence-corrected chi connectivity index (χ3v) is 3.26. The van der Waals surface area contributed by atoms with E-state index in [-0.39, 0.29) is 18.3 Å². The molecule has 96 valence electrons. The van der Waals surface area contributed by atoms with Crippen molar-refractivity contribution in [2.45, 2.75) is 46.7 Å². The molecule has 0 aromatic rings. The Morgan fingerprint density at radius 3 is 2.00 bits per heavy atom. The van der Waals surface area contributed by atoms with Crippen LogP contribution in [0.3, 0.4) is 0 Å². The Morgan fingerprint density at radius 2 is 1.62 bits per heavy atom. The monoisotopic (exact) mass is 248 g/mol. The Morgan fingerprint density at radius 1 is 1.19 bits per heavy atom. The van der Waals surface area contributed by atoms with Gasteiger partial charge in [0, 0.05) is 31.1 Å². The summed E-state index contributed by atoms with van der Waals surface area (Å²) in [7, 11) is 0. The second kappa shape index (κ2) is 6.45. The quantitative estimate of drug-likeness (QED) is 0.810. The number of piperazine rings is 1. The van der Waals surface area contributed by atoms with Gasteiger partial charge in [-0.15, -0.1) is 12.4 Å². The van der Waals surface area contributed by atoms with Crippen LogP contribution in [0.1, 0.15) is 34.6 Å². The lowest BCUT2D eigenvalue weighted by atomic mass is 9.95. The predicted molar refractivity (Wildman–Crippen MR) is 69.9 cm³/mol. The topological polar surface area (TPSA) is 32.3 Å². The van der Waals surface area contributed by atoms with Crippen molar-refractivity contribution in [1.29, 1.82) is 0 Å². The minimum absolute atomic E-state index is 0. The zero-order valence-electron chi connectivity index (χ0n) is 11.0. The van der Waals surface area contributed by atoms with Crippen LogP contribution >= 0.6 is 12.4 Å². The maximum absolute atomic E-state index is 12.1. The van der Waals surface area contributed by atoms with Crippen LogP contribution in [0.4, 0.5) is 0 Å². The summed E-state index contributed by atoms with van der Waals surface area (Å²) in [5, 5.41) is 3.44. The van der Waals surface area contributed by atoms with Crippen LogP contribution in [0.2, 0.25) is 0 Å². The number of nitrogens with zero attached hydrogens (tertiary/aromatic N) is 1. The molecule has 0 saturated carbocycles. The number of nitrogens with one attached hydrogen (secondary N) is 1. The summed E-state index contributed by atoms with van der Waals surface area (Å²) in [6, 6.07) is 0.828. The zero-order chi connectivity index (χ0) is 11.6. The molecule has 3 atom stereocenters. The molecule has 4 heteroatoms. The zero-order valence-corrected chi connectivity index (χ0v) is 11.8. The van der Waals surface area contributed by atoms with E-state index in [9.17, 15) is 4.79 Å². The second-order valence-corrected chi connectivity index (χ2v) is 5.24. The molecule has 3 nitrogen and oxygen atoms in total. The van der Waals surface area contributed by atoms with E-state index in [1.54, 1.807) is 0 Å². The van der Waals surface area contributed by atoms with Gasteiger partial charge in [0.15, 0.2) is 0 Å². The SMILES string of the molecule is CC1CN(C(=O)C(C)C(C)C)CC(C)N1.Cl. The van der Waals surface area contributed by atoms with Crippen LogP contribution in [0, 0.1) is 11.8 Å². The predicted octanol–water partition coefficient (Wildman–Crippen LogP) is 1.91. The van der Waals surface area contributed by atoms with Crippen LogP contribution in [0.15, 0.2) is 0 Å². The van der Waals surface area contributed by atoms with Gasteiger partial charge in [0.25, 0.3) is 0 Å². The number of halogens is 1. The molecule has 0 aromatic heterocycles. The van der Waals surface area contributed by atoms with Gasteiger partial charge < -0.3 is 10.2 Å². The van der Waals surface area contributed by atoms with Crippen LogP contribution in [-0.4, -0.2) is 36.0 Å². The van der Waals surface area contributed by atoms with Gasteiger partial charge in [-0.3, -0.25) is 4.79 Å². The molecule has 0 aliphatic carbocycles. The first-order chi connectivity index (χ1) is 6.91. The fraction of sp³-hybridized carbons (Fsp3) is 0.917. The third-order valence-electron chi connectivity index (χ3n) is 3.26. The fourth-order valence-corrected chi connectivity index (χ4v) is 2.08. The van der Waals surface area contributed by atoms with Gasteiger partial charge in [0.2, 0.25) is 5.91 Å². The van der Waals surface area contributed by atoms with Crippen molar-refractivity contribution in [3.63, 3.8) is 0 Å². The molecule has 1 heterocycles. The molecule has 1 saturated heterocycles. The average Bonchev–Trinajstić information content (AvgIpc) is 2.13. The Hall–Kier alpha value is -0.280. The molecule has 0 bridgehead atoms. The number of carbonyl (C=O) groups excluding carboxylic acids is 1. The summed E-state index contributed by atoms with van der Waals surface area (Å²) >= 11 is 0. The number of amides is 1. The lowest BCUT2D eigenvalue weighted by Crippen LogP contribution is -2.57. The first kappa shape index (κ1) is 15.7. The van der Waals surface area contributed by atoms with Gasteiger partial charge in [0.1, 0.15) is 0 Å². The van der Waals surface area contributed by atoms with Gasteiger partial charge >= 0.3 is 0 Å². The van der Waals surface area contributed by atoms with Crippen molar-refractivity contribution >= 4 is 18.3 Å².